The van der Waals surface area contributed by atoms with E-state index in [0.717, 1.165) is 22.6 Å². The van der Waals surface area contributed by atoms with Crippen molar-refractivity contribution in [3.63, 3.8) is 0 Å². The van der Waals surface area contributed by atoms with Crippen molar-refractivity contribution >= 4 is 22.6 Å². The minimum atomic E-state index is -7.02. The summed E-state index contributed by atoms with van der Waals surface area (Å²) in [6.45, 7) is 0. The van der Waals surface area contributed by atoms with Crippen molar-refractivity contribution in [3.8, 4) is 0 Å². The molecule has 0 aliphatic heterocycles. The molecule has 1 atom stereocenters. The Labute approximate surface area is 139 Å². The molecular formula is C11H3F12I. The summed E-state index contributed by atoms with van der Waals surface area (Å²) in [4.78, 5) is 0. The Kier molecular flexibility index (Phi) is 5.14. The average molecular weight is 490 g/mol. The molecule has 0 saturated carbocycles. The van der Waals surface area contributed by atoms with Crippen molar-refractivity contribution in [2.75, 3.05) is 0 Å². The average Bonchev–Trinajstić information content (AvgIpc) is 2.32. The molecule has 0 nitrogen and oxygen atoms in total. The van der Waals surface area contributed by atoms with Crippen LogP contribution in [0.2, 0.25) is 0 Å². The molecular weight excluding hydrogens is 487 g/mol. The van der Waals surface area contributed by atoms with E-state index in [2.05, 4.69) is 0 Å². The Balaban J connectivity index is 3.82. The molecule has 1 aromatic carbocycles. The first-order valence-electron chi connectivity index (χ1n) is 5.44. The standard InChI is InChI=1S/C11H3F12I/c12-7(10(18,19)20,9(16,17)11(21,22)23)4-1-5(8(13,14)15)3-6(24)2-4/h1-3H. The second-order valence-corrected chi connectivity index (χ2v) is 5.70. The Hall–Kier alpha value is -0.890. The van der Waals surface area contributed by atoms with Gasteiger partial charge in [0, 0.05) is 9.13 Å². The highest BCUT2D eigenvalue weighted by Crippen LogP contribution is 2.58. The van der Waals surface area contributed by atoms with E-state index >= 15 is 0 Å². The topological polar surface area (TPSA) is 0 Å². The molecule has 0 radical (unpaired) electrons. The van der Waals surface area contributed by atoms with Crippen molar-refractivity contribution in [3.05, 3.63) is 32.9 Å². The molecule has 0 saturated heterocycles. The SMILES string of the molecule is FC(F)(F)c1cc(I)cc(C(F)(C(F)(F)F)C(F)(F)C(F)(F)F)c1. The first-order chi connectivity index (χ1) is 10.4. The number of benzene rings is 1. The van der Waals surface area contributed by atoms with Crippen LogP contribution in [0, 0.1) is 3.57 Å². The maximum atomic E-state index is 14.1. The predicted molar refractivity (Wildman–Crippen MR) is 64.0 cm³/mol. The molecule has 0 aliphatic rings. The van der Waals surface area contributed by atoms with Gasteiger partial charge >= 0.3 is 30.1 Å². The van der Waals surface area contributed by atoms with Crippen LogP contribution in [0.25, 0.3) is 0 Å². The van der Waals surface area contributed by atoms with Crippen molar-refractivity contribution in [2.45, 2.75) is 30.1 Å². The third-order valence-electron chi connectivity index (χ3n) is 2.80. The molecule has 1 rings (SSSR count). The van der Waals surface area contributed by atoms with Gasteiger partial charge < -0.3 is 0 Å². The normalized spacial score (nSPS) is 16.9. The van der Waals surface area contributed by atoms with Gasteiger partial charge in [0.25, 0.3) is 0 Å². The Morgan fingerprint density at radius 2 is 1.00 bits per heavy atom. The van der Waals surface area contributed by atoms with Crippen LogP contribution in [0.4, 0.5) is 52.7 Å². The fourth-order valence-electron chi connectivity index (χ4n) is 1.67. The number of halogens is 13. The third kappa shape index (κ3) is 3.40. The zero-order chi connectivity index (χ0) is 19.4. The summed E-state index contributed by atoms with van der Waals surface area (Å²) in [5.74, 6) is -7.02. The molecule has 1 unspecified atom stereocenters. The third-order valence-corrected chi connectivity index (χ3v) is 3.43. The van der Waals surface area contributed by atoms with Gasteiger partial charge in [-0.15, -0.1) is 0 Å². The van der Waals surface area contributed by atoms with Crippen LogP contribution >= 0.6 is 22.6 Å². The van der Waals surface area contributed by atoms with Crippen molar-refractivity contribution < 1.29 is 52.7 Å². The molecule has 0 N–H and O–H groups in total. The van der Waals surface area contributed by atoms with E-state index in [1.165, 1.54) is 0 Å². The second-order valence-electron chi connectivity index (χ2n) is 4.45. The molecule has 0 bridgehead atoms. The molecule has 0 amide bonds. The van der Waals surface area contributed by atoms with Crippen LogP contribution in [0.5, 0.6) is 0 Å². The number of rotatable bonds is 2. The molecule has 13 heteroatoms. The van der Waals surface area contributed by atoms with E-state index < -0.39 is 50.9 Å². The second kappa shape index (κ2) is 5.83. The summed E-state index contributed by atoms with van der Waals surface area (Å²) >= 11 is 0.928. The highest BCUT2D eigenvalue weighted by atomic mass is 127. The lowest BCUT2D eigenvalue weighted by Crippen LogP contribution is -2.59. The highest BCUT2D eigenvalue weighted by Gasteiger charge is 2.81. The van der Waals surface area contributed by atoms with Gasteiger partial charge in [0.15, 0.2) is 0 Å². The van der Waals surface area contributed by atoms with Crippen LogP contribution < -0.4 is 0 Å². The zero-order valence-electron chi connectivity index (χ0n) is 10.6. The van der Waals surface area contributed by atoms with E-state index in [9.17, 15) is 52.7 Å². The van der Waals surface area contributed by atoms with Crippen LogP contribution in [0.3, 0.4) is 0 Å². The fraction of sp³-hybridized carbons (Fsp3) is 0.455. The number of hydrogen-bond donors (Lipinski definition) is 0. The lowest BCUT2D eigenvalue weighted by atomic mass is 9.86. The van der Waals surface area contributed by atoms with Crippen molar-refractivity contribution in [1.82, 2.24) is 0 Å². The molecule has 1 aromatic rings. The lowest BCUT2D eigenvalue weighted by molar-refractivity contribution is -0.389. The first kappa shape index (κ1) is 21.2. The zero-order valence-corrected chi connectivity index (χ0v) is 12.8. The summed E-state index contributed by atoms with van der Waals surface area (Å²) < 4.78 is 152. The van der Waals surface area contributed by atoms with Crippen molar-refractivity contribution in [1.29, 1.82) is 0 Å². The Morgan fingerprint density at radius 3 is 1.33 bits per heavy atom. The van der Waals surface area contributed by atoms with Crippen LogP contribution in [-0.2, 0) is 11.8 Å². The lowest BCUT2D eigenvalue weighted by Gasteiger charge is -2.36. The van der Waals surface area contributed by atoms with E-state index in [4.69, 9.17) is 0 Å². The fourth-order valence-corrected chi connectivity index (χ4v) is 2.34. The van der Waals surface area contributed by atoms with Crippen LogP contribution in [-0.4, -0.2) is 18.3 Å². The summed E-state index contributed by atoms with van der Waals surface area (Å²) in [7, 11) is 0. The molecule has 0 aromatic heterocycles. The summed E-state index contributed by atoms with van der Waals surface area (Å²) in [6.07, 6.45) is -19.2. The Bertz CT molecular complexity index is 611. The number of hydrogen-bond acceptors (Lipinski definition) is 0. The van der Waals surface area contributed by atoms with Crippen LogP contribution in [0.15, 0.2) is 18.2 Å². The Morgan fingerprint density at radius 1 is 0.583 bits per heavy atom. The van der Waals surface area contributed by atoms with Gasteiger partial charge in [-0.1, -0.05) is 0 Å². The highest BCUT2D eigenvalue weighted by molar-refractivity contribution is 14.1. The van der Waals surface area contributed by atoms with Crippen molar-refractivity contribution in [2.24, 2.45) is 0 Å². The van der Waals surface area contributed by atoms with E-state index in [1.807, 2.05) is 0 Å². The van der Waals surface area contributed by atoms with Gasteiger partial charge in [0.05, 0.1) is 5.56 Å². The molecule has 0 heterocycles. The molecule has 0 spiro atoms. The van der Waals surface area contributed by atoms with Gasteiger partial charge in [-0.2, -0.15) is 48.3 Å². The molecule has 24 heavy (non-hydrogen) atoms. The van der Waals surface area contributed by atoms with E-state index in [0.29, 0.717) is 0 Å². The maximum Gasteiger partial charge on any atom is 0.457 e. The van der Waals surface area contributed by atoms with E-state index in [1.54, 1.807) is 0 Å². The van der Waals surface area contributed by atoms with Gasteiger partial charge in [0.2, 0.25) is 0 Å². The van der Waals surface area contributed by atoms with Gasteiger partial charge in [-0.3, -0.25) is 0 Å². The minimum Gasteiger partial charge on any atom is -0.221 e. The van der Waals surface area contributed by atoms with Gasteiger partial charge in [0.1, 0.15) is 0 Å². The summed E-state index contributed by atoms with van der Waals surface area (Å²) in [5.41, 5.74) is -10.9. The monoisotopic (exact) mass is 490 g/mol. The maximum absolute atomic E-state index is 14.1. The molecule has 138 valence electrons. The number of alkyl halides is 12. The summed E-state index contributed by atoms with van der Waals surface area (Å²) in [6, 6.07) is -0.731. The smallest absolute Gasteiger partial charge is 0.221 e. The van der Waals surface area contributed by atoms with E-state index in [-0.39, 0.29) is 12.1 Å². The molecule has 0 aliphatic carbocycles. The summed E-state index contributed by atoms with van der Waals surface area (Å²) in [5, 5.41) is 0. The van der Waals surface area contributed by atoms with Crippen LogP contribution in [0.1, 0.15) is 11.1 Å². The van der Waals surface area contributed by atoms with Gasteiger partial charge in [-0.25, -0.2) is 4.39 Å². The minimum absolute atomic E-state index is 0.159. The predicted octanol–water partition coefficient (Wildman–Crippen LogP) is 6.23. The molecule has 0 fully saturated rings. The quantitative estimate of drug-likeness (QED) is 0.341. The first-order valence-corrected chi connectivity index (χ1v) is 6.52. The largest absolute Gasteiger partial charge is 0.457 e. The van der Waals surface area contributed by atoms with Gasteiger partial charge in [-0.05, 0) is 40.8 Å².